The molecule has 6 heteroatoms. The molecule has 2 aromatic carbocycles. The Labute approximate surface area is 147 Å². The smallest absolute Gasteiger partial charge is 0.222 e. The lowest BCUT2D eigenvalue weighted by Gasteiger charge is -2.31. The fourth-order valence-corrected chi connectivity index (χ4v) is 3.39. The molecule has 1 N–H and O–H groups in total. The largest absolute Gasteiger partial charge is 0.348 e. The monoisotopic (exact) mass is 388 g/mol. The van der Waals surface area contributed by atoms with E-state index in [1.807, 2.05) is 16.8 Å². The van der Waals surface area contributed by atoms with E-state index in [0.717, 1.165) is 21.9 Å². The van der Waals surface area contributed by atoms with Crippen molar-refractivity contribution in [2.75, 3.05) is 5.32 Å². The molecule has 0 aliphatic carbocycles. The summed E-state index contributed by atoms with van der Waals surface area (Å²) in [5, 5.41) is 8.60. The molecule has 0 saturated heterocycles. The molecule has 23 heavy (non-hydrogen) atoms. The number of nitrogens with zero attached hydrogens (tertiary/aromatic N) is 3. The molecule has 0 bridgehead atoms. The minimum atomic E-state index is 0.155. The number of hydrogen-bond acceptors (Lipinski definition) is 3. The van der Waals surface area contributed by atoms with Crippen molar-refractivity contribution in [2.24, 2.45) is 0 Å². The van der Waals surface area contributed by atoms with Gasteiger partial charge in [-0.1, -0.05) is 51.8 Å². The number of fused-ring (bicyclic) bond motifs is 1. The van der Waals surface area contributed by atoms with Gasteiger partial charge in [0.1, 0.15) is 6.33 Å². The highest BCUT2D eigenvalue weighted by Crippen LogP contribution is 2.37. The van der Waals surface area contributed by atoms with Gasteiger partial charge in [0.05, 0.1) is 12.1 Å². The molecule has 0 fully saturated rings. The lowest BCUT2D eigenvalue weighted by atomic mass is 9.93. The molecule has 1 aromatic heterocycles. The highest BCUT2D eigenvalue weighted by Gasteiger charge is 2.29. The third-order valence-corrected chi connectivity index (χ3v) is 4.94. The van der Waals surface area contributed by atoms with Crippen LogP contribution in [0.5, 0.6) is 0 Å². The Kier molecular flexibility index (Phi) is 3.83. The first kappa shape index (κ1) is 14.7. The van der Waals surface area contributed by atoms with E-state index in [2.05, 4.69) is 67.7 Å². The normalized spacial score (nSPS) is 19.9. The Balaban J connectivity index is 1.71. The molecule has 1 aliphatic heterocycles. The van der Waals surface area contributed by atoms with Crippen LogP contribution in [0.1, 0.15) is 29.6 Å². The molecule has 116 valence electrons. The fraction of sp³-hybridized carbons (Fsp3) is 0.176. The van der Waals surface area contributed by atoms with E-state index in [4.69, 9.17) is 11.6 Å². The number of rotatable bonds is 2. The molecule has 4 rings (SSSR count). The number of halogens is 2. The van der Waals surface area contributed by atoms with Crippen LogP contribution in [-0.2, 0) is 0 Å². The predicted molar refractivity (Wildman–Crippen MR) is 94.7 cm³/mol. The highest BCUT2D eigenvalue weighted by atomic mass is 79.9. The fourth-order valence-electron chi connectivity index (χ4n) is 3.00. The Hall–Kier alpha value is -1.85. The van der Waals surface area contributed by atoms with Gasteiger partial charge in [-0.2, -0.15) is 10.1 Å². The highest BCUT2D eigenvalue weighted by molar-refractivity contribution is 9.10. The quantitative estimate of drug-likeness (QED) is 0.682. The first-order chi connectivity index (χ1) is 11.2. The first-order valence-corrected chi connectivity index (χ1v) is 8.55. The van der Waals surface area contributed by atoms with Crippen LogP contribution >= 0.6 is 27.5 Å². The molecule has 0 radical (unpaired) electrons. The molecule has 3 aromatic rings. The van der Waals surface area contributed by atoms with Gasteiger partial charge in [0.15, 0.2) is 0 Å². The molecule has 0 saturated carbocycles. The third-order valence-electron chi connectivity index (χ3n) is 4.16. The standard InChI is InChI=1S/C17H14BrClN4/c18-13-5-1-12(2-6-13)16-9-15(11-3-7-14(19)8-4-11)22-17-20-10-21-23(16)17/h1-8,10,15-16H,9H2,(H,20,21,22)/t15-,16+/m1/s1. The van der Waals surface area contributed by atoms with Crippen molar-refractivity contribution < 1.29 is 0 Å². The van der Waals surface area contributed by atoms with Crippen LogP contribution in [0.15, 0.2) is 59.3 Å². The van der Waals surface area contributed by atoms with Gasteiger partial charge in [0, 0.05) is 9.50 Å². The Bertz CT molecular complexity index is 813. The predicted octanol–water partition coefficient (Wildman–Crippen LogP) is 4.84. The molecule has 0 spiro atoms. The zero-order valence-corrected chi connectivity index (χ0v) is 14.5. The van der Waals surface area contributed by atoms with Crippen molar-refractivity contribution >= 4 is 33.5 Å². The number of anilines is 1. The van der Waals surface area contributed by atoms with E-state index in [0.29, 0.717) is 0 Å². The summed E-state index contributed by atoms with van der Waals surface area (Å²) in [4.78, 5) is 4.35. The van der Waals surface area contributed by atoms with Crippen molar-refractivity contribution in [3.8, 4) is 0 Å². The summed E-state index contributed by atoms with van der Waals surface area (Å²) in [5.74, 6) is 0.795. The van der Waals surface area contributed by atoms with Gasteiger partial charge in [0.25, 0.3) is 0 Å². The summed E-state index contributed by atoms with van der Waals surface area (Å²) in [5.41, 5.74) is 2.42. The van der Waals surface area contributed by atoms with Gasteiger partial charge in [-0.05, 0) is 41.8 Å². The van der Waals surface area contributed by atoms with Gasteiger partial charge in [-0.15, -0.1) is 0 Å². The van der Waals surface area contributed by atoms with Crippen LogP contribution in [0, 0.1) is 0 Å². The van der Waals surface area contributed by atoms with Crippen LogP contribution < -0.4 is 5.32 Å². The van der Waals surface area contributed by atoms with Crippen molar-refractivity contribution in [1.29, 1.82) is 0 Å². The SMILES string of the molecule is Clc1ccc([C@H]2C[C@@H](c3ccc(Br)cc3)n3ncnc3N2)cc1. The second kappa shape index (κ2) is 5.98. The number of benzene rings is 2. The zero-order chi connectivity index (χ0) is 15.8. The second-order valence-corrected chi connectivity index (χ2v) is 6.93. The van der Waals surface area contributed by atoms with Gasteiger partial charge in [0.2, 0.25) is 5.95 Å². The number of aromatic nitrogens is 3. The summed E-state index contributed by atoms with van der Waals surface area (Å²) in [6.45, 7) is 0. The van der Waals surface area contributed by atoms with Crippen LogP contribution in [0.4, 0.5) is 5.95 Å². The molecule has 0 amide bonds. The molecule has 1 aliphatic rings. The second-order valence-electron chi connectivity index (χ2n) is 5.58. The third kappa shape index (κ3) is 2.86. The molecule has 4 nitrogen and oxygen atoms in total. The zero-order valence-electron chi connectivity index (χ0n) is 12.2. The minimum Gasteiger partial charge on any atom is -0.348 e. The summed E-state index contributed by atoms with van der Waals surface area (Å²) < 4.78 is 3.03. The van der Waals surface area contributed by atoms with E-state index in [1.54, 1.807) is 6.33 Å². The molecule has 0 unspecified atom stereocenters. The molecule has 2 heterocycles. The van der Waals surface area contributed by atoms with Crippen LogP contribution in [0.2, 0.25) is 5.02 Å². The van der Waals surface area contributed by atoms with E-state index in [9.17, 15) is 0 Å². The average Bonchev–Trinajstić information content (AvgIpc) is 3.04. The molecular weight excluding hydrogens is 376 g/mol. The minimum absolute atomic E-state index is 0.155. The van der Waals surface area contributed by atoms with Gasteiger partial charge >= 0.3 is 0 Å². The summed E-state index contributed by atoms with van der Waals surface area (Å²) in [6, 6.07) is 16.7. The van der Waals surface area contributed by atoms with Crippen LogP contribution in [-0.4, -0.2) is 14.8 Å². The number of hydrogen-bond donors (Lipinski definition) is 1. The van der Waals surface area contributed by atoms with Gasteiger partial charge in [-0.3, -0.25) is 0 Å². The van der Waals surface area contributed by atoms with E-state index >= 15 is 0 Å². The van der Waals surface area contributed by atoms with E-state index in [-0.39, 0.29) is 12.1 Å². The topological polar surface area (TPSA) is 42.7 Å². The maximum Gasteiger partial charge on any atom is 0.222 e. The van der Waals surface area contributed by atoms with Crippen molar-refractivity contribution in [3.05, 3.63) is 75.5 Å². The van der Waals surface area contributed by atoms with Crippen molar-refractivity contribution in [1.82, 2.24) is 14.8 Å². The maximum absolute atomic E-state index is 6.00. The van der Waals surface area contributed by atoms with Crippen molar-refractivity contribution in [2.45, 2.75) is 18.5 Å². The van der Waals surface area contributed by atoms with Gasteiger partial charge in [-0.25, -0.2) is 4.68 Å². The van der Waals surface area contributed by atoms with E-state index < -0.39 is 0 Å². The molecular formula is C17H14BrClN4. The average molecular weight is 390 g/mol. The lowest BCUT2D eigenvalue weighted by molar-refractivity contribution is 0.431. The Morgan fingerprint density at radius 1 is 1.04 bits per heavy atom. The first-order valence-electron chi connectivity index (χ1n) is 7.38. The van der Waals surface area contributed by atoms with E-state index in [1.165, 1.54) is 11.1 Å². The van der Waals surface area contributed by atoms with Crippen LogP contribution in [0.3, 0.4) is 0 Å². The summed E-state index contributed by atoms with van der Waals surface area (Å²) in [7, 11) is 0. The number of nitrogens with one attached hydrogen (secondary N) is 1. The molecule has 2 atom stereocenters. The maximum atomic E-state index is 6.00. The Morgan fingerprint density at radius 2 is 1.74 bits per heavy atom. The van der Waals surface area contributed by atoms with Crippen LogP contribution in [0.25, 0.3) is 0 Å². The summed E-state index contributed by atoms with van der Waals surface area (Å²) in [6.07, 6.45) is 2.50. The van der Waals surface area contributed by atoms with Gasteiger partial charge < -0.3 is 5.32 Å². The van der Waals surface area contributed by atoms with Crippen molar-refractivity contribution in [3.63, 3.8) is 0 Å². The summed E-state index contributed by atoms with van der Waals surface area (Å²) >= 11 is 9.49. The lowest BCUT2D eigenvalue weighted by Crippen LogP contribution is -2.28. The Morgan fingerprint density at radius 3 is 2.48 bits per heavy atom.